The lowest BCUT2D eigenvalue weighted by atomic mass is 10.1. The van der Waals surface area contributed by atoms with Crippen LogP contribution in [0.4, 0.5) is 17.1 Å². The zero-order valence-corrected chi connectivity index (χ0v) is 19.1. The summed E-state index contributed by atoms with van der Waals surface area (Å²) in [6.07, 6.45) is 1.13. The molecule has 7 nitrogen and oxygen atoms in total. The number of hydrogen-bond donors (Lipinski definition) is 2. The minimum atomic E-state index is -3.55. The van der Waals surface area contributed by atoms with E-state index >= 15 is 0 Å². The van der Waals surface area contributed by atoms with Gasteiger partial charge in [-0.2, -0.15) is 0 Å². The van der Waals surface area contributed by atoms with Crippen LogP contribution in [0.15, 0.2) is 72.8 Å². The van der Waals surface area contributed by atoms with Gasteiger partial charge in [-0.3, -0.25) is 13.9 Å². The molecule has 9 heteroatoms. The molecule has 0 fully saturated rings. The topological polar surface area (TPSA) is 95.6 Å². The molecule has 2 N–H and O–H groups in total. The van der Waals surface area contributed by atoms with Gasteiger partial charge in [0.2, 0.25) is 15.9 Å². The fraction of sp³-hybridized carbons (Fsp3) is 0.130. The number of benzene rings is 3. The van der Waals surface area contributed by atoms with Crippen molar-refractivity contribution in [3.8, 4) is 0 Å². The highest BCUT2D eigenvalue weighted by molar-refractivity contribution is 7.92. The van der Waals surface area contributed by atoms with Crippen molar-refractivity contribution in [2.75, 3.05) is 21.2 Å². The van der Waals surface area contributed by atoms with Crippen LogP contribution >= 0.6 is 11.6 Å². The van der Waals surface area contributed by atoms with Crippen LogP contribution in [0.1, 0.15) is 22.8 Å². The fourth-order valence-corrected chi connectivity index (χ4v) is 3.99. The van der Waals surface area contributed by atoms with Crippen LogP contribution < -0.4 is 14.9 Å². The molecule has 0 bridgehead atoms. The van der Waals surface area contributed by atoms with E-state index in [1.54, 1.807) is 72.8 Å². The summed E-state index contributed by atoms with van der Waals surface area (Å²) in [6.45, 7) is 1.56. The van der Waals surface area contributed by atoms with Crippen molar-refractivity contribution in [2.45, 2.75) is 13.5 Å². The molecular formula is C23H22ClN3O4S. The van der Waals surface area contributed by atoms with Gasteiger partial charge in [0.25, 0.3) is 5.91 Å². The Morgan fingerprint density at radius 2 is 1.38 bits per heavy atom. The van der Waals surface area contributed by atoms with Gasteiger partial charge in [0.05, 0.1) is 18.5 Å². The van der Waals surface area contributed by atoms with E-state index in [9.17, 15) is 18.0 Å². The first-order valence-electron chi connectivity index (χ1n) is 9.63. The van der Waals surface area contributed by atoms with Crippen molar-refractivity contribution >= 4 is 50.5 Å². The van der Waals surface area contributed by atoms with E-state index < -0.39 is 10.0 Å². The number of amides is 2. The Labute approximate surface area is 192 Å². The Hall–Kier alpha value is -3.36. The number of halogens is 1. The van der Waals surface area contributed by atoms with E-state index in [0.29, 0.717) is 27.6 Å². The SMILES string of the molecule is CC(=O)Nc1ccc(NC(=O)c2ccc(N(Cc3ccc(Cl)cc3)S(C)(=O)=O)cc2)cc1. The third kappa shape index (κ3) is 6.32. The van der Waals surface area contributed by atoms with E-state index in [2.05, 4.69) is 10.6 Å². The molecule has 0 aliphatic rings. The first-order chi connectivity index (χ1) is 15.1. The maximum Gasteiger partial charge on any atom is 0.255 e. The average molecular weight is 472 g/mol. The highest BCUT2D eigenvalue weighted by Gasteiger charge is 2.18. The number of anilines is 3. The lowest BCUT2D eigenvalue weighted by molar-refractivity contribution is -0.114. The standard InChI is InChI=1S/C23H22ClN3O4S/c1-16(28)25-20-9-11-21(12-10-20)26-23(29)18-5-13-22(14-6-18)27(32(2,30)31)15-17-3-7-19(24)8-4-17/h3-14H,15H2,1-2H3,(H,25,28)(H,26,29). The monoisotopic (exact) mass is 471 g/mol. The molecule has 3 rings (SSSR count). The summed E-state index contributed by atoms with van der Waals surface area (Å²) < 4.78 is 26.0. The van der Waals surface area contributed by atoms with Gasteiger partial charge in [-0.25, -0.2) is 8.42 Å². The number of carbonyl (C=O) groups excluding carboxylic acids is 2. The number of carbonyl (C=O) groups is 2. The molecule has 0 atom stereocenters. The minimum Gasteiger partial charge on any atom is -0.326 e. The zero-order chi connectivity index (χ0) is 23.3. The second-order valence-electron chi connectivity index (χ2n) is 7.16. The van der Waals surface area contributed by atoms with E-state index in [1.807, 2.05) is 0 Å². The van der Waals surface area contributed by atoms with Crippen molar-refractivity contribution in [1.29, 1.82) is 0 Å². The predicted molar refractivity (Wildman–Crippen MR) is 128 cm³/mol. The van der Waals surface area contributed by atoms with Crippen molar-refractivity contribution < 1.29 is 18.0 Å². The Morgan fingerprint density at radius 1 is 0.844 bits per heavy atom. The molecule has 32 heavy (non-hydrogen) atoms. The molecule has 0 heterocycles. The Kier molecular flexibility index (Phi) is 7.17. The first-order valence-corrected chi connectivity index (χ1v) is 11.9. The van der Waals surface area contributed by atoms with Crippen molar-refractivity contribution in [3.05, 3.63) is 88.9 Å². The number of nitrogens with zero attached hydrogens (tertiary/aromatic N) is 1. The lowest BCUT2D eigenvalue weighted by Crippen LogP contribution is -2.29. The third-order valence-corrected chi connectivity index (χ3v) is 5.91. The van der Waals surface area contributed by atoms with Crippen LogP contribution in [-0.4, -0.2) is 26.5 Å². The molecule has 0 spiro atoms. The third-order valence-electron chi connectivity index (χ3n) is 4.52. The van der Waals surface area contributed by atoms with Crippen LogP contribution in [0.25, 0.3) is 0 Å². The number of hydrogen-bond acceptors (Lipinski definition) is 4. The van der Waals surface area contributed by atoms with Gasteiger partial charge in [-0.1, -0.05) is 23.7 Å². The molecule has 3 aromatic rings. The fourth-order valence-electron chi connectivity index (χ4n) is 2.98. The van der Waals surface area contributed by atoms with Crippen molar-refractivity contribution in [2.24, 2.45) is 0 Å². The van der Waals surface area contributed by atoms with Crippen molar-refractivity contribution in [1.82, 2.24) is 0 Å². The molecule has 0 saturated carbocycles. The molecule has 2 amide bonds. The molecule has 0 unspecified atom stereocenters. The van der Waals surface area contributed by atoms with Gasteiger partial charge >= 0.3 is 0 Å². The molecule has 0 aromatic heterocycles. The Bertz CT molecular complexity index is 1210. The normalized spacial score (nSPS) is 11.0. The van der Waals surface area contributed by atoms with Crippen LogP contribution in [0.2, 0.25) is 5.02 Å². The summed E-state index contributed by atoms with van der Waals surface area (Å²) in [4.78, 5) is 23.6. The second kappa shape index (κ2) is 9.84. The smallest absolute Gasteiger partial charge is 0.255 e. The summed E-state index contributed by atoms with van der Waals surface area (Å²) in [5.74, 6) is -0.520. The maximum atomic E-state index is 12.6. The number of nitrogens with one attached hydrogen (secondary N) is 2. The van der Waals surface area contributed by atoms with Crippen LogP contribution in [-0.2, 0) is 21.4 Å². The Morgan fingerprint density at radius 3 is 1.88 bits per heavy atom. The van der Waals surface area contributed by atoms with Gasteiger partial charge in [-0.05, 0) is 66.2 Å². The summed E-state index contributed by atoms with van der Waals surface area (Å²) >= 11 is 5.90. The lowest BCUT2D eigenvalue weighted by Gasteiger charge is -2.23. The summed E-state index contributed by atoms with van der Waals surface area (Å²) in [6, 6.07) is 20.0. The summed E-state index contributed by atoms with van der Waals surface area (Å²) in [5.41, 5.74) is 2.79. The van der Waals surface area contributed by atoms with Crippen molar-refractivity contribution in [3.63, 3.8) is 0 Å². The number of rotatable bonds is 7. The van der Waals surface area contributed by atoms with Crippen LogP contribution in [0.5, 0.6) is 0 Å². The summed E-state index contributed by atoms with van der Waals surface area (Å²) in [7, 11) is -3.55. The molecule has 0 aliphatic heterocycles. The van der Waals surface area contributed by atoms with Gasteiger partial charge < -0.3 is 10.6 Å². The molecular weight excluding hydrogens is 450 g/mol. The van der Waals surface area contributed by atoms with E-state index in [-0.39, 0.29) is 18.4 Å². The van der Waals surface area contributed by atoms with Gasteiger partial charge in [0.15, 0.2) is 0 Å². The van der Waals surface area contributed by atoms with Crippen LogP contribution in [0.3, 0.4) is 0 Å². The molecule has 0 saturated heterocycles. The van der Waals surface area contributed by atoms with E-state index in [0.717, 1.165) is 11.8 Å². The molecule has 0 aliphatic carbocycles. The summed E-state index contributed by atoms with van der Waals surface area (Å²) in [5, 5.41) is 5.99. The molecule has 166 valence electrons. The van der Waals surface area contributed by atoms with Gasteiger partial charge in [0, 0.05) is 28.9 Å². The second-order valence-corrected chi connectivity index (χ2v) is 9.50. The average Bonchev–Trinajstić information content (AvgIpc) is 2.73. The van der Waals surface area contributed by atoms with Crippen LogP contribution in [0, 0.1) is 0 Å². The number of sulfonamides is 1. The van der Waals surface area contributed by atoms with E-state index in [1.165, 1.54) is 11.2 Å². The zero-order valence-electron chi connectivity index (χ0n) is 17.5. The first kappa shape index (κ1) is 23.3. The predicted octanol–water partition coefficient (Wildman–Crippen LogP) is 4.52. The Balaban J connectivity index is 1.73. The quantitative estimate of drug-likeness (QED) is 0.529. The van der Waals surface area contributed by atoms with E-state index in [4.69, 9.17) is 11.6 Å². The minimum absolute atomic E-state index is 0.141. The van der Waals surface area contributed by atoms with Gasteiger partial charge in [0.1, 0.15) is 0 Å². The largest absolute Gasteiger partial charge is 0.326 e. The highest BCUT2D eigenvalue weighted by Crippen LogP contribution is 2.23. The maximum absolute atomic E-state index is 12.6. The van der Waals surface area contributed by atoms with Gasteiger partial charge in [-0.15, -0.1) is 0 Å². The molecule has 0 radical (unpaired) electrons. The molecule has 3 aromatic carbocycles. The highest BCUT2D eigenvalue weighted by atomic mass is 35.5.